The van der Waals surface area contributed by atoms with Crippen molar-refractivity contribution in [2.75, 3.05) is 0 Å². The minimum atomic E-state index is -0.340. The lowest BCUT2D eigenvalue weighted by atomic mass is 10.2. The van der Waals surface area contributed by atoms with Gasteiger partial charge in [0.1, 0.15) is 18.2 Å². The van der Waals surface area contributed by atoms with Crippen LogP contribution in [0.1, 0.15) is 5.56 Å². The molecule has 0 amide bonds. The van der Waals surface area contributed by atoms with Crippen molar-refractivity contribution in [2.24, 2.45) is 0 Å². The van der Waals surface area contributed by atoms with Gasteiger partial charge in [-0.05, 0) is 29.8 Å². The number of halogens is 5. The normalized spacial score (nSPS) is 10.6. The van der Waals surface area contributed by atoms with E-state index in [0.717, 1.165) is 0 Å². The molecule has 0 saturated heterocycles. The van der Waals surface area contributed by atoms with Gasteiger partial charge in [0.05, 0.1) is 15.1 Å². The lowest BCUT2D eigenvalue weighted by molar-refractivity contribution is 0.305. The summed E-state index contributed by atoms with van der Waals surface area (Å²) < 4.78 is 19.4. The fourth-order valence-electron chi connectivity index (χ4n) is 1.47. The first-order valence-corrected chi connectivity index (χ1v) is 7.10. The fraction of sp³-hybridized carbons (Fsp3) is 0.0769. The highest BCUT2D eigenvalue weighted by Gasteiger charge is 2.08. The molecule has 0 aliphatic heterocycles. The molecule has 0 aromatic heterocycles. The highest BCUT2D eigenvalue weighted by Crippen LogP contribution is 2.34. The van der Waals surface area contributed by atoms with E-state index < -0.39 is 0 Å². The molecule has 0 bridgehead atoms. The molecule has 0 heterocycles. The molecule has 0 atom stereocenters. The molecule has 2 aromatic rings. The van der Waals surface area contributed by atoms with Gasteiger partial charge in [-0.15, -0.1) is 0 Å². The van der Waals surface area contributed by atoms with Crippen LogP contribution in [0.5, 0.6) is 5.75 Å². The first-order valence-electron chi connectivity index (χ1n) is 5.18. The minimum Gasteiger partial charge on any atom is -0.487 e. The van der Waals surface area contributed by atoms with E-state index in [1.165, 1.54) is 24.3 Å². The first kappa shape index (κ1) is 14.9. The van der Waals surface area contributed by atoms with Crippen LogP contribution in [0.3, 0.4) is 0 Å². The van der Waals surface area contributed by atoms with Crippen LogP contribution in [-0.4, -0.2) is 0 Å². The molecule has 0 aliphatic carbocycles. The summed E-state index contributed by atoms with van der Waals surface area (Å²) in [5.74, 6) is 0.0599. The van der Waals surface area contributed by atoms with E-state index in [0.29, 0.717) is 30.9 Å². The third-order valence-corrected chi connectivity index (χ3v) is 3.77. The van der Waals surface area contributed by atoms with Crippen molar-refractivity contribution in [1.82, 2.24) is 0 Å². The number of hydrogen-bond donors (Lipinski definition) is 0. The Kier molecular flexibility index (Phi) is 4.96. The second-order valence-electron chi connectivity index (χ2n) is 3.76. The molecule has 0 N–H and O–H groups in total. The average Bonchev–Trinajstić information content (AvgIpc) is 2.31. The Morgan fingerprint density at radius 3 is 2.32 bits per heavy atom. The van der Waals surface area contributed by atoms with Gasteiger partial charge in [-0.2, -0.15) is 0 Å². The van der Waals surface area contributed by atoms with Gasteiger partial charge in [-0.1, -0.05) is 50.7 Å². The van der Waals surface area contributed by atoms with E-state index in [1.807, 2.05) is 0 Å². The summed E-state index contributed by atoms with van der Waals surface area (Å²) >= 11 is 20.9. The van der Waals surface area contributed by atoms with Gasteiger partial charge in [-0.3, -0.25) is 0 Å². The second-order valence-corrected chi connectivity index (χ2v) is 5.90. The van der Waals surface area contributed by atoms with Crippen LogP contribution in [0.2, 0.25) is 15.1 Å². The molecule has 0 radical (unpaired) electrons. The minimum absolute atomic E-state index is 0.175. The van der Waals surface area contributed by atoms with Crippen molar-refractivity contribution in [2.45, 2.75) is 6.61 Å². The van der Waals surface area contributed by atoms with Crippen molar-refractivity contribution in [3.05, 3.63) is 61.3 Å². The molecule has 2 aromatic carbocycles. The van der Waals surface area contributed by atoms with Gasteiger partial charge >= 0.3 is 0 Å². The molecule has 0 fully saturated rings. The quantitative estimate of drug-likeness (QED) is 0.579. The van der Waals surface area contributed by atoms with Crippen LogP contribution in [0.4, 0.5) is 4.39 Å². The summed E-state index contributed by atoms with van der Waals surface area (Å²) in [6, 6.07) is 7.54. The van der Waals surface area contributed by atoms with Gasteiger partial charge in [0.2, 0.25) is 0 Å². The Labute approximate surface area is 133 Å². The van der Waals surface area contributed by atoms with E-state index in [4.69, 9.17) is 39.5 Å². The highest BCUT2D eigenvalue weighted by molar-refractivity contribution is 9.10. The SMILES string of the molecule is Fc1cc(Br)cc(COc2cc(Cl)c(Cl)cc2Cl)c1. The third-order valence-electron chi connectivity index (χ3n) is 2.29. The Morgan fingerprint density at radius 1 is 0.947 bits per heavy atom. The summed E-state index contributed by atoms with van der Waals surface area (Å²) in [6.07, 6.45) is 0. The molecule has 19 heavy (non-hydrogen) atoms. The second kappa shape index (κ2) is 6.31. The topological polar surface area (TPSA) is 9.23 Å². The van der Waals surface area contributed by atoms with Gasteiger partial charge in [0.15, 0.2) is 0 Å². The predicted molar refractivity (Wildman–Crippen MR) is 79.9 cm³/mol. The number of benzene rings is 2. The zero-order valence-electron chi connectivity index (χ0n) is 9.39. The third kappa shape index (κ3) is 3.99. The van der Waals surface area contributed by atoms with E-state index in [1.54, 1.807) is 6.07 Å². The monoisotopic (exact) mass is 382 g/mol. The molecule has 0 unspecified atom stereocenters. The van der Waals surface area contributed by atoms with Crippen LogP contribution in [0.15, 0.2) is 34.8 Å². The van der Waals surface area contributed by atoms with Crippen molar-refractivity contribution in [3.63, 3.8) is 0 Å². The maximum atomic E-state index is 13.2. The fourth-order valence-corrected chi connectivity index (χ4v) is 2.57. The van der Waals surface area contributed by atoms with Gasteiger partial charge in [0.25, 0.3) is 0 Å². The first-order chi connectivity index (χ1) is 8.95. The van der Waals surface area contributed by atoms with Crippen LogP contribution >= 0.6 is 50.7 Å². The average molecular weight is 384 g/mol. The van der Waals surface area contributed by atoms with Crippen LogP contribution in [0.25, 0.3) is 0 Å². The smallest absolute Gasteiger partial charge is 0.139 e. The highest BCUT2D eigenvalue weighted by atomic mass is 79.9. The summed E-state index contributed by atoms with van der Waals surface area (Å²) in [5, 5.41) is 1.05. The summed E-state index contributed by atoms with van der Waals surface area (Å²) in [7, 11) is 0. The number of hydrogen-bond acceptors (Lipinski definition) is 1. The maximum Gasteiger partial charge on any atom is 0.139 e. The Hall–Kier alpha value is -0.480. The van der Waals surface area contributed by atoms with Gasteiger partial charge in [0, 0.05) is 10.5 Å². The summed E-state index contributed by atoms with van der Waals surface area (Å²) in [6.45, 7) is 0.175. The molecule has 100 valence electrons. The van der Waals surface area contributed by atoms with Crippen molar-refractivity contribution in [1.29, 1.82) is 0 Å². The van der Waals surface area contributed by atoms with E-state index in [2.05, 4.69) is 15.9 Å². The van der Waals surface area contributed by atoms with Crippen LogP contribution < -0.4 is 4.74 Å². The maximum absolute atomic E-state index is 13.2. The number of ether oxygens (including phenoxy) is 1. The summed E-state index contributed by atoms with van der Waals surface area (Å²) in [5.41, 5.74) is 0.675. The van der Waals surface area contributed by atoms with Gasteiger partial charge < -0.3 is 4.74 Å². The largest absolute Gasteiger partial charge is 0.487 e. The Balaban J connectivity index is 2.16. The van der Waals surface area contributed by atoms with Crippen LogP contribution in [-0.2, 0) is 6.61 Å². The molecule has 6 heteroatoms. The van der Waals surface area contributed by atoms with E-state index >= 15 is 0 Å². The lowest BCUT2D eigenvalue weighted by Crippen LogP contribution is -1.97. The van der Waals surface area contributed by atoms with Crippen molar-refractivity contribution < 1.29 is 9.13 Å². The lowest BCUT2D eigenvalue weighted by Gasteiger charge is -2.10. The van der Waals surface area contributed by atoms with Gasteiger partial charge in [-0.25, -0.2) is 4.39 Å². The molecule has 0 spiro atoms. The molecule has 0 saturated carbocycles. The van der Waals surface area contributed by atoms with Crippen molar-refractivity contribution >= 4 is 50.7 Å². The zero-order valence-corrected chi connectivity index (χ0v) is 13.2. The Bertz CT molecular complexity index is 599. The molecule has 0 aliphatic rings. The van der Waals surface area contributed by atoms with E-state index in [-0.39, 0.29) is 12.4 Å². The Morgan fingerprint density at radius 2 is 1.63 bits per heavy atom. The molecular weight excluding hydrogens is 377 g/mol. The molecular formula is C13H7BrCl3FO. The summed E-state index contributed by atoms with van der Waals surface area (Å²) in [4.78, 5) is 0. The standard InChI is InChI=1S/C13H7BrCl3FO/c14-8-1-7(2-9(18)3-8)6-19-13-5-11(16)10(15)4-12(13)17/h1-5H,6H2. The number of rotatable bonds is 3. The van der Waals surface area contributed by atoms with E-state index in [9.17, 15) is 4.39 Å². The van der Waals surface area contributed by atoms with Crippen molar-refractivity contribution in [3.8, 4) is 5.75 Å². The molecule has 2 rings (SSSR count). The predicted octanol–water partition coefficient (Wildman–Crippen LogP) is 6.13. The van der Waals surface area contributed by atoms with Crippen LogP contribution in [0, 0.1) is 5.82 Å². The zero-order chi connectivity index (χ0) is 14.0. The molecule has 1 nitrogen and oxygen atoms in total.